The molecule has 0 saturated carbocycles. The Kier molecular flexibility index (Phi) is 7.09. The lowest BCUT2D eigenvalue weighted by molar-refractivity contribution is -0.118. The first-order valence-electron chi connectivity index (χ1n) is 9.57. The Labute approximate surface area is 181 Å². The van der Waals surface area contributed by atoms with Gasteiger partial charge in [0, 0.05) is 5.02 Å². The minimum atomic E-state index is -0.362. The summed E-state index contributed by atoms with van der Waals surface area (Å²) in [6.45, 7) is 3.59. The van der Waals surface area contributed by atoms with Gasteiger partial charge in [0.2, 0.25) is 0 Å². The molecule has 6 heteroatoms. The summed E-state index contributed by atoms with van der Waals surface area (Å²) in [4.78, 5) is 25.1. The Balaban J connectivity index is 1.63. The number of ether oxygens (including phenoxy) is 1. The molecule has 5 nitrogen and oxygen atoms in total. The smallest absolute Gasteiger partial charge is 0.262 e. The maximum Gasteiger partial charge on any atom is 0.262 e. The monoisotopic (exact) mass is 422 g/mol. The number of nitrogens with one attached hydrogen (secondary N) is 2. The van der Waals surface area contributed by atoms with E-state index in [1.165, 1.54) is 0 Å². The summed E-state index contributed by atoms with van der Waals surface area (Å²) >= 11 is 6.00. The van der Waals surface area contributed by atoms with E-state index in [4.69, 9.17) is 16.3 Å². The van der Waals surface area contributed by atoms with Crippen LogP contribution in [-0.2, 0) is 4.79 Å². The van der Waals surface area contributed by atoms with Crippen LogP contribution in [0.3, 0.4) is 0 Å². The molecule has 154 valence electrons. The number of anilines is 1. The lowest BCUT2D eigenvalue weighted by Crippen LogP contribution is -2.28. The van der Waals surface area contributed by atoms with Gasteiger partial charge < -0.3 is 15.4 Å². The summed E-state index contributed by atoms with van der Waals surface area (Å²) in [5.74, 6) is -0.0785. The molecule has 1 atom stereocenters. The van der Waals surface area contributed by atoms with E-state index in [2.05, 4.69) is 10.6 Å². The Bertz CT molecular complexity index is 1040. The highest BCUT2D eigenvalue weighted by Crippen LogP contribution is 2.21. The zero-order valence-electron chi connectivity index (χ0n) is 16.8. The van der Waals surface area contributed by atoms with Crippen LogP contribution in [-0.4, -0.2) is 18.4 Å². The molecule has 3 aromatic carbocycles. The molecule has 0 saturated heterocycles. The molecule has 0 fully saturated rings. The number of aryl methyl sites for hydroxylation is 1. The van der Waals surface area contributed by atoms with Crippen molar-refractivity contribution in [2.75, 3.05) is 11.9 Å². The number of hydrogen-bond donors (Lipinski definition) is 2. The van der Waals surface area contributed by atoms with E-state index in [0.29, 0.717) is 22.0 Å². The second-order valence-corrected chi connectivity index (χ2v) is 7.31. The van der Waals surface area contributed by atoms with Crippen LogP contribution in [0.2, 0.25) is 5.02 Å². The normalized spacial score (nSPS) is 11.4. The van der Waals surface area contributed by atoms with Crippen LogP contribution in [0.1, 0.15) is 34.5 Å². The second-order valence-electron chi connectivity index (χ2n) is 6.90. The van der Waals surface area contributed by atoms with Gasteiger partial charge in [0.15, 0.2) is 6.61 Å². The van der Waals surface area contributed by atoms with E-state index in [0.717, 1.165) is 11.1 Å². The molecule has 3 aromatic rings. The molecule has 2 N–H and O–H groups in total. The molecule has 0 aromatic heterocycles. The van der Waals surface area contributed by atoms with Crippen LogP contribution in [0.25, 0.3) is 0 Å². The van der Waals surface area contributed by atoms with Gasteiger partial charge in [0.25, 0.3) is 11.8 Å². The van der Waals surface area contributed by atoms with Gasteiger partial charge >= 0.3 is 0 Å². The Morgan fingerprint density at radius 1 is 1.00 bits per heavy atom. The van der Waals surface area contributed by atoms with Gasteiger partial charge in [0.05, 0.1) is 17.3 Å². The standard InChI is InChI=1S/C24H23ClN2O3/c1-16-14-19(12-13-21(16)25)30-15-23(28)27-22-11-7-6-10-20(22)24(29)26-17(2)18-8-4-3-5-9-18/h3-14,17H,15H2,1-2H3,(H,26,29)(H,27,28)/t17-/m0/s1. The fraction of sp³-hybridized carbons (Fsp3) is 0.167. The summed E-state index contributed by atoms with van der Waals surface area (Å²) < 4.78 is 5.53. The predicted molar refractivity (Wildman–Crippen MR) is 119 cm³/mol. The number of carbonyl (C=O) groups excluding carboxylic acids is 2. The van der Waals surface area contributed by atoms with E-state index < -0.39 is 0 Å². The summed E-state index contributed by atoms with van der Waals surface area (Å²) in [7, 11) is 0. The number of hydrogen-bond acceptors (Lipinski definition) is 3. The van der Waals surface area contributed by atoms with Crippen LogP contribution < -0.4 is 15.4 Å². The topological polar surface area (TPSA) is 67.4 Å². The van der Waals surface area contributed by atoms with Crippen LogP contribution in [0.5, 0.6) is 5.75 Å². The van der Waals surface area contributed by atoms with Crippen LogP contribution in [0.15, 0.2) is 72.8 Å². The number of para-hydroxylation sites is 1. The third kappa shape index (κ3) is 5.61. The summed E-state index contributed by atoms with van der Waals surface area (Å²) in [5.41, 5.74) is 2.68. The van der Waals surface area contributed by atoms with Gasteiger partial charge in [-0.15, -0.1) is 0 Å². The Hall–Kier alpha value is -3.31. The van der Waals surface area contributed by atoms with Crippen molar-refractivity contribution in [1.29, 1.82) is 0 Å². The highest BCUT2D eigenvalue weighted by atomic mass is 35.5. The number of amides is 2. The molecule has 0 heterocycles. The molecule has 0 spiro atoms. The van der Waals surface area contributed by atoms with E-state index in [9.17, 15) is 9.59 Å². The van der Waals surface area contributed by atoms with Crippen molar-refractivity contribution in [2.24, 2.45) is 0 Å². The number of benzene rings is 3. The summed E-state index contributed by atoms with van der Waals surface area (Å²) in [6, 6.07) is 21.6. The van der Waals surface area contributed by atoms with Crippen LogP contribution in [0.4, 0.5) is 5.69 Å². The molecule has 0 bridgehead atoms. The first kappa shape index (κ1) is 21.4. The average molecular weight is 423 g/mol. The maximum absolute atomic E-state index is 12.8. The van der Waals surface area contributed by atoms with Crippen molar-refractivity contribution in [3.05, 3.63) is 94.5 Å². The van der Waals surface area contributed by atoms with E-state index >= 15 is 0 Å². The first-order chi connectivity index (χ1) is 14.4. The highest BCUT2D eigenvalue weighted by molar-refractivity contribution is 6.31. The number of rotatable bonds is 7. The van der Waals surface area contributed by atoms with Gasteiger partial charge in [-0.2, -0.15) is 0 Å². The van der Waals surface area contributed by atoms with Crippen molar-refractivity contribution in [2.45, 2.75) is 19.9 Å². The second kappa shape index (κ2) is 9.94. The minimum absolute atomic E-state index is 0.168. The van der Waals surface area contributed by atoms with E-state index in [-0.39, 0.29) is 24.5 Å². The van der Waals surface area contributed by atoms with Gasteiger partial charge in [-0.3, -0.25) is 9.59 Å². The molecule has 0 aliphatic rings. The summed E-state index contributed by atoms with van der Waals surface area (Å²) in [6.07, 6.45) is 0. The van der Waals surface area contributed by atoms with Crippen molar-refractivity contribution >= 4 is 29.1 Å². The van der Waals surface area contributed by atoms with Gasteiger partial charge in [-0.25, -0.2) is 0 Å². The fourth-order valence-electron chi connectivity index (χ4n) is 2.93. The summed E-state index contributed by atoms with van der Waals surface area (Å²) in [5, 5.41) is 6.35. The Morgan fingerprint density at radius 3 is 2.43 bits per heavy atom. The fourth-order valence-corrected chi connectivity index (χ4v) is 3.05. The zero-order valence-corrected chi connectivity index (χ0v) is 17.6. The predicted octanol–water partition coefficient (Wildman–Crippen LogP) is 5.16. The average Bonchev–Trinajstić information content (AvgIpc) is 2.75. The molecule has 0 aliphatic heterocycles. The molecule has 30 heavy (non-hydrogen) atoms. The maximum atomic E-state index is 12.8. The lowest BCUT2D eigenvalue weighted by atomic mass is 10.1. The third-order valence-electron chi connectivity index (χ3n) is 4.59. The van der Waals surface area contributed by atoms with Crippen LogP contribution in [0, 0.1) is 6.92 Å². The van der Waals surface area contributed by atoms with Crippen molar-refractivity contribution < 1.29 is 14.3 Å². The molecular weight excluding hydrogens is 400 g/mol. The number of carbonyl (C=O) groups is 2. The molecule has 3 rings (SSSR count). The largest absolute Gasteiger partial charge is 0.484 e. The number of halogens is 1. The minimum Gasteiger partial charge on any atom is -0.484 e. The van der Waals surface area contributed by atoms with E-state index in [1.54, 1.807) is 42.5 Å². The van der Waals surface area contributed by atoms with Crippen molar-refractivity contribution in [3.63, 3.8) is 0 Å². The first-order valence-corrected chi connectivity index (χ1v) is 9.95. The molecule has 2 amide bonds. The molecule has 0 aliphatic carbocycles. The quantitative estimate of drug-likeness (QED) is 0.552. The molecule has 0 radical (unpaired) electrons. The molecule has 0 unspecified atom stereocenters. The van der Waals surface area contributed by atoms with Crippen LogP contribution >= 0.6 is 11.6 Å². The zero-order chi connectivity index (χ0) is 21.5. The lowest BCUT2D eigenvalue weighted by Gasteiger charge is -2.16. The highest BCUT2D eigenvalue weighted by Gasteiger charge is 2.16. The Morgan fingerprint density at radius 2 is 1.70 bits per heavy atom. The van der Waals surface area contributed by atoms with Crippen molar-refractivity contribution in [1.82, 2.24) is 5.32 Å². The van der Waals surface area contributed by atoms with Gasteiger partial charge in [0.1, 0.15) is 5.75 Å². The van der Waals surface area contributed by atoms with Gasteiger partial charge in [-0.1, -0.05) is 54.1 Å². The SMILES string of the molecule is Cc1cc(OCC(=O)Nc2ccccc2C(=O)N[C@@H](C)c2ccccc2)ccc1Cl. The van der Waals surface area contributed by atoms with Crippen molar-refractivity contribution in [3.8, 4) is 5.75 Å². The van der Waals surface area contributed by atoms with Gasteiger partial charge in [-0.05, 0) is 55.3 Å². The van der Waals surface area contributed by atoms with E-state index in [1.807, 2.05) is 44.2 Å². The molecular formula is C24H23ClN2O3. The third-order valence-corrected chi connectivity index (χ3v) is 5.02.